The first-order chi connectivity index (χ1) is 11.8. The predicted molar refractivity (Wildman–Crippen MR) is 94.6 cm³/mol. The summed E-state index contributed by atoms with van der Waals surface area (Å²) in [5.41, 5.74) is 0.707. The normalized spacial score (nSPS) is 29.0. The van der Waals surface area contributed by atoms with Crippen molar-refractivity contribution >= 4 is 10.1 Å². The van der Waals surface area contributed by atoms with E-state index in [1.807, 2.05) is 13.0 Å². The standard InChI is InChI=1S/C19H26O5S/c1-4-18(3)14-19(22-11-12-23-19)10-9-16(18)13-24-25(20,21)17-7-5-15(2)6-8-17/h4-8,16H,1,9-14H2,2-3H3/t16-,18+/m1/s1. The molecule has 0 unspecified atom stereocenters. The molecular formula is C19H26O5S. The molecule has 1 aliphatic carbocycles. The van der Waals surface area contributed by atoms with Gasteiger partial charge in [0.1, 0.15) is 0 Å². The van der Waals surface area contributed by atoms with Crippen LogP contribution in [0, 0.1) is 18.3 Å². The molecule has 138 valence electrons. The van der Waals surface area contributed by atoms with Crippen LogP contribution in [0.25, 0.3) is 0 Å². The van der Waals surface area contributed by atoms with Crippen LogP contribution in [0.15, 0.2) is 41.8 Å². The fourth-order valence-corrected chi connectivity index (χ4v) is 4.69. The summed E-state index contributed by atoms with van der Waals surface area (Å²) in [4.78, 5) is 0.188. The molecule has 2 atom stereocenters. The fourth-order valence-electron chi connectivity index (χ4n) is 3.74. The third-order valence-electron chi connectivity index (χ3n) is 5.47. The number of benzene rings is 1. The second-order valence-corrected chi connectivity index (χ2v) is 8.90. The van der Waals surface area contributed by atoms with Crippen molar-refractivity contribution in [2.75, 3.05) is 19.8 Å². The van der Waals surface area contributed by atoms with Crippen molar-refractivity contribution in [3.05, 3.63) is 42.5 Å². The van der Waals surface area contributed by atoms with E-state index < -0.39 is 15.9 Å². The summed E-state index contributed by atoms with van der Waals surface area (Å²) in [6.07, 6.45) is 4.06. The summed E-state index contributed by atoms with van der Waals surface area (Å²) in [6.45, 7) is 9.29. The van der Waals surface area contributed by atoms with Gasteiger partial charge in [0.05, 0.1) is 24.7 Å². The Labute approximate surface area is 150 Å². The highest BCUT2D eigenvalue weighted by Crippen LogP contribution is 2.49. The molecule has 0 bridgehead atoms. The highest BCUT2D eigenvalue weighted by molar-refractivity contribution is 7.86. The van der Waals surface area contributed by atoms with Gasteiger partial charge in [0.2, 0.25) is 0 Å². The van der Waals surface area contributed by atoms with E-state index in [0.29, 0.717) is 19.6 Å². The Morgan fingerprint density at radius 3 is 2.52 bits per heavy atom. The van der Waals surface area contributed by atoms with E-state index in [4.69, 9.17) is 13.7 Å². The summed E-state index contributed by atoms with van der Waals surface area (Å²) >= 11 is 0. The van der Waals surface area contributed by atoms with Crippen molar-refractivity contribution in [2.45, 2.75) is 43.8 Å². The van der Waals surface area contributed by atoms with Gasteiger partial charge >= 0.3 is 0 Å². The molecular weight excluding hydrogens is 340 g/mol. The first kappa shape index (κ1) is 18.6. The van der Waals surface area contributed by atoms with Crippen LogP contribution in [0.4, 0.5) is 0 Å². The molecule has 0 radical (unpaired) electrons. The average molecular weight is 366 g/mol. The highest BCUT2D eigenvalue weighted by atomic mass is 32.2. The smallest absolute Gasteiger partial charge is 0.296 e. The van der Waals surface area contributed by atoms with Gasteiger partial charge in [0, 0.05) is 12.8 Å². The second-order valence-electron chi connectivity index (χ2n) is 7.28. The summed E-state index contributed by atoms with van der Waals surface area (Å²) in [5.74, 6) is -0.501. The number of ether oxygens (including phenoxy) is 2. The van der Waals surface area contributed by atoms with E-state index in [0.717, 1.165) is 18.4 Å². The molecule has 1 spiro atoms. The van der Waals surface area contributed by atoms with Crippen molar-refractivity contribution < 1.29 is 22.1 Å². The number of aryl methyl sites for hydroxylation is 1. The molecule has 1 aromatic carbocycles. The summed E-state index contributed by atoms with van der Waals surface area (Å²) in [7, 11) is -3.76. The van der Waals surface area contributed by atoms with Crippen LogP contribution in [0.3, 0.4) is 0 Å². The fraction of sp³-hybridized carbons (Fsp3) is 0.579. The maximum atomic E-state index is 12.4. The largest absolute Gasteiger partial charge is 0.348 e. The summed E-state index contributed by atoms with van der Waals surface area (Å²) in [6, 6.07) is 6.69. The van der Waals surface area contributed by atoms with Gasteiger partial charge in [-0.25, -0.2) is 0 Å². The number of hydrogen-bond donors (Lipinski definition) is 0. The maximum Gasteiger partial charge on any atom is 0.296 e. The molecule has 3 rings (SSSR count). The minimum atomic E-state index is -3.76. The van der Waals surface area contributed by atoms with Gasteiger partial charge in [-0.1, -0.05) is 30.7 Å². The lowest BCUT2D eigenvalue weighted by Crippen LogP contribution is -2.46. The molecule has 0 amide bonds. The predicted octanol–water partition coefficient (Wildman–Crippen LogP) is 3.44. The van der Waals surface area contributed by atoms with Gasteiger partial charge in [0.15, 0.2) is 5.79 Å². The zero-order valence-corrected chi connectivity index (χ0v) is 15.7. The number of hydrogen-bond acceptors (Lipinski definition) is 5. The molecule has 1 heterocycles. The molecule has 25 heavy (non-hydrogen) atoms. The van der Waals surface area contributed by atoms with Crippen molar-refractivity contribution in [1.82, 2.24) is 0 Å². The third kappa shape index (κ3) is 3.82. The first-order valence-corrected chi connectivity index (χ1v) is 10.1. The molecule has 6 heteroatoms. The van der Waals surface area contributed by atoms with Gasteiger partial charge in [0.25, 0.3) is 10.1 Å². The molecule has 2 aliphatic rings. The Morgan fingerprint density at radius 2 is 1.92 bits per heavy atom. The van der Waals surface area contributed by atoms with E-state index in [-0.39, 0.29) is 22.8 Å². The number of rotatable bonds is 5. The van der Waals surface area contributed by atoms with Crippen molar-refractivity contribution in [2.24, 2.45) is 11.3 Å². The van der Waals surface area contributed by atoms with E-state index in [1.165, 1.54) is 0 Å². The monoisotopic (exact) mass is 366 g/mol. The molecule has 1 saturated carbocycles. The van der Waals surface area contributed by atoms with Crippen LogP contribution in [-0.2, 0) is 23.8 Å². The van der Waals surface area contributed by atoms with Crippen LogP contribution >= 0.6 is 0 Å². The average Bonchev–Trinajstić information content (AvgIpc) is 3.02. The molecule has 2 fully saturated rings. The van der Waals surface area contributed by atoms with Crippen molar-refractivity contribution in [3.63, 3.8) is 0 Å². The van der Waals surface area contributed by atoms with Crippen LogP contribution in [0.1, 0.15) is 31.7 Å². The second kappa shape index (κ2) is 6.83. The van der Waals surface area contributed by atoms with E-state index >= 15 is 0 Å². The van der Waals surface area contributed by atoms with E-state index in [9.17, 15) is 8.42 Å². The van der Waals surface area contributed by atoms with Crippen LogP contribution in [0.5, 0.6) is 0 Å². The summed E-state index contributed by atoms with van der Waals surface area (Å²) < 4.78 is 41.9. The quantitative estimate of drug-likeness (QED) is 0.590. The zero-order valence-electron chi connectivity index (χ0n) is 14.9. The molecule has 1 aliphatic heterocycles. The SMILES string of the molecule is C=C[C@@]1(C)CC2(CC[C@@H]1COS(=O)(=O)c1ccc(C)cc1)OCCO2. The maximum absolute atomic E-state index is 12.4. The van der Waals surface area contributed by atoms with Crippen LogP contribution in [-0.4, -0.2) is 34.0 Å². The topological polar surface area (TPSA) is 61.8 Å². The molecule has 1 saturated heterocycles. The summed E-state index contributed by atoms with van der Waals surface area (Å²) in [5, 5.41) is 0. The van der Waals surface area contributed by atoms with Gasteiger partial charge < -0.3 is 9.47 Å². The Bertz CT molecular complexity index is 719. The van der Waals surface area contributed by atoms with Gasteiger partial charge in [-0.2, -0.15) is 8.42 Å². The Hall–Kier alpha value is -1.21. The van der Waals surface area contributed by atoms with Crippen LogP contribution in [0.2, 0.25) is 0 Å². The lowest BCUT2D eigenvalue weighted by molar-refractivity contribution is -0.205. The Balaban J connectivity index is 1.69. The van der Waals surface area contributed by atoms with Crippen molar-refractivity contribution in [1.29, 1.82) is 0 Å². The van der Waals surface area contributed by atoms with Crippen LogP contribution < -0.4 is 0 Å². The minimum absolute atomic E-state index is 0.0450. The lowest BCUT2D eigenvalue weighted by atomic mass is 9.65. The van der Waals surface area contributed by atoms with E-state index in [1.54, 1.807) is 24.3 Å². The number of allylic oxidation sites excluding steroid dienone is 1. The van der Waals surface area contributed by atoms with Gasteiger partial charge in [-0.15, -0.1) is 6.58 Å². The minimum Gasteiger partial charge on any atom is -0.348 e. The van der Waals surface area contributed by atoms with Gasteiger partial charge in [-0.3, -0.25) is 4.18 Å². The Kier molecular flexibility index (Phi) is 5.08. The molecule has 0 N–H and O–H groups in total. The molecule has 5 nitrogen and oxygen atoms in total. The highest BCUT2D eigenvalue weighted by Gasteiger charge is 2.50. The Morgan fingerprint density at radius 1 is 1.28 bits per heavy atom. The van der Waals surface area contributed by atoms with Gasteiger partial charge in [-0.05, 0) is 36.8 Å². The lowest BCUT2D eigenvalue weighted by Gasteiger charge is -2.46. The van der Waals surface area contributed by atoms with Crippen molar-refractivity contribution in [3.8, 4) is 0 Å². The third-order valence-corrected chi connectivity index (χ3v) is 6.77. The zero-order chi connectivity index (χ0) is 18.1. The first-order valence-electron chi connectivity index (χ1n) is 8.66. The molecule has 0 aromatic heterocycles. The molecule has 1 aromatic rings. The van der Waals surface area contributed by atoms with E-state index in [2.05, 4.69) is 13.5 Å².